The summed E-state index contributed by atoms with van der Waals surface area (Å²) in [6.07, 6.45) is 4.52. The summed E-state index contributed by atoms with van der Waals surface area (Å²) in [6.45, 7) is 6.23. The van der Waals surface area contributed by atoms with Crippen molar-refractivity contribution in [2.75, 3.05) is 19.6 Å². The molecule has 2 heterocycles. The molecule has 0 bridgehead atoms. The summed E-state index contributed by atoms with van der Waals surface area (Å²) >= 11 is 0. The van der Waals surface area contributed by atoms with Crippen LogP contribution in [0.2, 0.25) is 0 Å². The molecule has 0 radical (unpaired) electrons. The molecule has 1 aromatic carbocycles. The number of aliphatic imine (C=N–C) groups is 1. The highest BCUT2D eigenvalue weighted by Gasteiger charge is 2.05. The van der Waals surface area contributed by atoms with Crippen LogP contribution in [0, 0.1) is 12.7 Å². The van der Waals surface area contributed by atoms with Crippen molar-refractivity contribution in [2.24, 2.45) is 4.99 Å². The first-order chi connectivity index (χ1) is 13.7. The number of hydrogen-bond acceptors (Lipinski definition) is 3. The highest BCUT2D eigenvalue weighted by molar-refractivity contribution is 5.79. The maximum atomic E-state index is 13.2. The van der Waals surface area contributed by atoms with Crippen LogP contribution in [0.5, 0.6) is 0 Å². The maximum absolute atomic E-state index is 13.2. The second-order valence-corrected chi connectivity index (χ2v) is 6.66. The first-order valence-corrected chi connectivity index (χ1v) is 9.73. The molecule has 0 aliphatic rings. The van der Waals surface area contributed by atoms with Gasteiger partial charge in [-0.3, -0.25) is 9.39 Å². The van der Waals surface area contributed by atoms with E-state index in [1.54, 1.807) is 6.07 Å². The van der Waals surface area contributed by atoms with Gasteiger partial charge in [-0.2, -0.15) is 0 Å². The summed E-state index contributed by atoms with van der Waals surface area (Å²) in [5.74, 6) is 1.56. The number of hydrogen-bond donors (Lipinski definition) is 2. The molecule has 3 aromatic rings. The molecule has 2 aromatic heterocycles. The Morgan fingerprint density at radius 1 is 1.14 bits per heavy atom. The van der Waals surface area contributed by atoms with Crippen molar-refractivity contribution in [1.29, 1.82) is 0 Å². The predicted molar refractivity (Wildman–Crippen MR) is 110 cm³/mol. The zero-order valence-corrected chi connectivity index (χ0v) is 16.5. The van der Waals surface area contributed by atoms with Crippen LogP contribution in [0.25, 0.3) is 5.65 Å². The lowest BCUT2D eigenvalue weighted by Gasteiger charge is -2.12. The zero-order chi connectivity index (χ0) is 19.8. The Kier molecular flexibility index (Phi) is 6.94. The molecule has 3 rings (SSSR count). The maximum Gasteiger partial charge on any atom is 0.191 e. The molecule has 0 unspecified atom stereocenters. The number of aromatic nitrogens is 3. The van der Waals surface area contributed by atoms with Crippen LogP contribution in [0.3, 0.4) is 0 Å². The number of guanidine groups is 1. The molecule has 28 heavy (non-hydrogen) atoms. The number of benzene rings is 1. The molecule has 0 saturated carbocycles. The topological polar surface area (TPSA) is 66.6 Å². The lowest BCUT2D eigenvalue weighted by atomic mass is 10.1. The van der Waals surface area contributed by atoms with Crippen LogP contribution >= 0.6 is 0 Å². The summed E-state index contributed by atoms with van der Waals surface area (Å²) in [5, 5.41) is 15.0. The van der Waals surface area contributed by atoms with E-state index in [0.717, 1.165) is 60.9 Å². The van der Waals surface area contributed by atoms with Crippen molar-refractivity contribution in [3.8, 4) is 0 Å². The summed E-state index contributed by atoms with van der Waals surface area (Å²) < 4.78 is 15.2. The van der Waals surface area contributed by atoms with Gasteiger partial charge in [-0.25, -0.2) is 4.39 Å². The number of pyridine rings is 1. The fourth-order valence-electron chi connectivity index (χ4n) is 3.09. The van der Waals surface area contributed by atoms with Gasteiger partial charge in [0, 0.05) is 32.3 Å². The van der Waals surface area contributed by atoms with Gasteiger partial charge in [0.05, 0.1) is 0 Å². The molecule has 0 aliphatic heterocycles. The smallest absolute Gasteiger partial charge is 0.191 e. The average molecular weight is 382 g/mol. The van der Waals surface area contributed by atoms with E-state index in [1.165, 1.54) is 6.07 Å². The van der Waals surface area contributed by atoms with Crippen molar-refractivity contribution in [2.45, 2.75) is 33.1 Å². The van der Waals surface area contributed by atoms with Gasteiger partial charge < -0.3 is 10.6 Å². The Bertz CT molecular complexity index is 934. The highest BCUT2D eigenvalue weighted by Crippen LogP contribution is 2.10. The number of rotatable bonds is 8. The van der Waals surface area contributed by atoms with E-state index in [-0.39, 0.29) is 5.82 Å². The van der Waals surface area contributed by atoms with E-state index in [1.807, 2.05) is 48.7 Å². The third-order valence-corrected chi connectivity index (χ3v) is 4.55. The van der Waals surface area contributed by atoms with Gasteiger partial charge in [-0.1, -0.05) is 12.1 Å². The molecular weight excluding hydrogens is 355 g/mol. The Morgan fingerprint density at radius 3 is 2.86 bits per heavy atom. The lowest BCUT2D eigenvalue weighted by Crippen LogP contribution is -2.38. The first-order valence-electron chi connectivity index (χ1n) is 9.73. The monoisotopic (exact) mass is 382 g/mol. The molecule has 0 spiro atoms. The van der Waals surface area contributed by atoms with Crippen LogP contribution in [0.15, 0.2) is 47.6 Å². The van der Waals surface area contributed by atoms with E-state index >= 15 is 0 Å². The Labute approximate surface area is 164 Å². The predicted octanol–water partition coefficient (Wildman–Crippen LogP) is 2.91. The summed E-state index contributed by atoms with van der Waals surface area (Å²) in [5.41, 5.74) is 2.99. The standard InChI is InChI=1S/C21H27FN6/c1-3-23-21(25-13-11-17-9-10-18(22)15-16(17)2)24-12-6-8-20-27-26-19-7-4-5-14-28(19)20/h4-5,7,9-10,14-15H,3,6,8,11-13H2,1-2H3,(H2,23,24,25). The minimum absolute atomic E-state index is 0.190. The van der Waals surface area contributed by atoms with Gasteiger partial charge in [0.1, 0.15) is 11.6 Å². The van der Waals surface area contributed by atoms with Gasteiger partial charge in [0.15, 0.2) is 11.6 Å². The van der Waals surface area contributed by atoms with E-state index in [2.05, 4.69) is 25.8 Å². The molecule has 0 amide bonds. The molecule has 0 fully saturated rings. The quantitative estimate of drug-likeness (QED) is 0.357. The fourth-order valence-corrected chi connectivity index (χ4v) is 3.09. The van der Waals surface area contributed by atoms with E-state index in [9.17, 15) is 4.39 Å². The molecule has 2 N–H and O–H groups in total. The van der Waals surface area contributed by atoms with Crippen LogP contribution < -0.4 is 10.6 Å². The summed E-state index contributed by atoms with van der Waals surface area (Å²) in [4.78, 5) is 4.64. The molecule has 7 heteroatoms. The lowest BCUT2D eigenvalue weighted by molar-refractivity contribution is 0.625. The fraction of sp³-hybridized carbons (Fsp3) is 0.381. The molecule has 0 atom stereocenters. The number of nitrogens with zero attached hydrogens (tertiary/aromatic N) is 4. The Balaban J connectivity index is 1.48. The number of halogens is 1. The van der Waals surface area contributed by atoms with Crippen molar-refractivity contribution >= 4 is 11.6 Å². The molecule has 0 saturated heterocycles. The van der Waals surface area contributed by atoms with Gasteiger partial charge in [-0.05, 0) is 62.1 Å². The normalized spacial score (nSPS) is 11.8. The van der Waals surface area contributed by atoms with Gasteiger partial charge in [0.2, 0.25) is 0 Å². The number of aryl methyl sites for hydroxylation is 2. The van der Waals surface area contributed by atoms with Crippen molar-refractivity contribution in [1.82, 2.24) is 25.2 Å². The van der Waals surface area contributed by atoms with Crippen LogP contribution in [-0.2, 0) is 12.8 Å². The van der Waals surface area contributed by atoms with Gasteiger partial charge in [-0.15, -0.1) is 10.2 Å². The van der Waals surface area contributed by atoms with Crippen LogP contribution in [0.1, 0.15) is 30.3 Å². The summed E-state index contributed by atoms with van der Waals surface area (Å²) in [7, 11) is 0. The average Bonchev–Trinajstić information content (AvgIpc) is 3.10. The van der Waals surface area contributed by atoms with E-state index in [0.29, 0.717) is 6.54 Å². The SMILES string of the molecule is CCNC(=NCCCc1nnc2ccccn12)NCCc1ccc(F)cc1C. The Morgan fingerprint density at radius 2 is 2.04 bits per heavy atom. The van der Waals surface area contributed by atoms with Crippen molar-refractivity contribution in [3.05, 3.63) is 65.4 Å². The van der Waals surface area contributed by atoms with E-state index in [4.69, 9.17) is 0 Å². The molecule has 0 aliphatic carbocycles. The zero-order valence-electron chi connectivity index (χ0n) is 16.5. The van der Waals surface area contributed by atoms with Gasteiger partial charge in [0.25, 0.3) is 0 Å². The second kappa shape index (κ2) is 9.82. The molecule has 6 nitrogen and oxygen atoms in total. The van der Waals surface area contributed by atoms with Crippen molar-refractivity contribution < 1.29 is 4.39 Å². The van der Waals surface area contributed by atoms with Crippen LogP contribution in [-0.4, -0.2) is 40.2 Å². The third kappa shape index (κ3) is 5.28. The van der Waals surface area contributed by atoms with Crippen LogP contribution in [0.4, 0.5) is 4.39 Å². The first kappa shape index (κ1) is 19.8. The largest absolute Gasteiger partial charge is 0.357 e. The minimum atomic E-state index is -0.190. The molecule has 148 valence electrons. The number of fused-ring (bicyclic) bond motifs is 1. The van der Waals surface area contributed by atoms with Gasteiger partial charge >= 0.3 is 0 Å². The van der Waals surface area contributed by atoms with Crippen molar-refractivity contribution in [3.63, 3.8) is 0 Å². The number of nitrogens with one attached hydrogen (secondary N) is 2. The molecular formula is C21H27FN6. The minimum Gasteiger partial charge on any atom is -0.357 e. The summed E-state index contributed by atoms with van der Waals surface area (Å²) in [6, 6.07) is 10.8. The van der Waals surface area contributed by atoms with E-state index < -0.39 is 0 Å². The highest BCUT2D eigenvalue weighted by atomic mass is 19.1. The Hall–Kier alpha value is -2.96. The second-order valence-electron chi connectivity index (χ2n) is 6.66. The third-order valence-electron chi connectivity index (χ3n) is 4.55.